The summed E-state index contributed by atoms with van der Waals surface area (Å²) in [5.41, 5.74) is 1.68. The molecular formula is C19H23N7O2. The number of aromatic nitrogens is 5. The van der Waals surface area contributed by atoms with E-state index in [9.17, 15) is 4.79 Å². The summed E-state index contributed by atoms with van der Waals surface area (Å²) in [4.78, 5) is 25.8. The second kappa shape index (κ2) is 7.41. The van der Waals surface area contributed by atoms with Gasteiger partial charge in [-0.1, -0.05) is 5.16 Å². The number of anilines is 1. The van der Waals surface area contributed by atoms with Crippen LogP contribution in [0.5, 0.6) is 0 Å². The molecule has 0 saturated carbocycles. The van der Waals surface area contributed by atoms with E-state index in [2.05, 4.69) is 25.1 Å². The molecule has 1 aliphatic heterocycles. The highest BCUT2D eigenvalue weighted by atomic mass is 16.5. The highest BCUT2D eigenvalue weighted by Gasteiger charge is 2.24. The van der Waals surface area contributed by atoms with E-state index >= 15 is 0 Å². The van der Waals surface area contributed by atoms with Crippen LogP contribution in [0.3, 0.4) is 0 Å². The van der Waals surface area contributed by atoms with E-state index < -0.39 is 0 Å². The molecule has 1 aliphatic rings. The lowest BCUT2D eigenvalue weighted by Crippen LogP contribution is -2.49. The number of hydrogen-bond donors (Lipinski definition) is 0. The predicted octanol–water partition coefficient (Wildman–Crippen LogP) is 1.47. The molecule has 1 fully saturated rings. The average Bonchev–Trinajstić information content (AvgIpc) is 3.34. The zero-order chi connectivity index (χ0) is 19.7. The lowest BCUT2D eigenvalue weighted by Gasteiger charge is -2.35. The van der Waals surface area contributed by atoms with E-state index in [1.807, 2.05) is 44.0 Å². The Hall–Kier alpha value is -3.23. The molecule has 146 valence electrons. The van der Waals surface area contributed by atoms with Crippen LogP contribution in [0.15, 0.2) is 29.0 Å². The van der Waals surface area contributed by atoms with Crippen molar-refractivity contribution in [1.29, 1.82) is 0 Å². The van der Waals surface area contributed by atoms with Crippen LogP contribution in [-0.2, 0) is 11.2 Å². The Bertz CT molecular complexity index is 953. The van der Waals surface area contributed by atoms with E-state index in [1.165, 1.54) is 0 Å². The molecule has 9 heteroatoms. The van der Waals surface area contributed by atoms with Crippen LogP contribution < -0.4 is 4.90 Å². The van der Waals surface area contributed by atoms with Crippen LogP contribution in [-0.4, -0.2) is 61.9 Å². The zero-order valence-corrected chi connectivity index (χ0v) is 16.3. The van der Waals surface area contributed by atoms with E-state index in [1.54, 1.807) is 10.9 Å². The molecule has 0 radical (unpaired) electrons. The van der Waals surface area contributed by atoms with Crippen molar-refractivity contribution in [2.75, 3.05) is 31.1 Å². The second-order valence-electron chi connectivity index (χ2n) is 6.93. The monoisotopic (exact) mass is 381 g/mol. The maximum absolute atomic E-state index is 12.7. The van der Waals surface area contributed by atoms with Crippen LogP contribution in [0.2, 0.25) is 0 Å². The van der Waals surface area contributed by atoms with Crippen LogP contribution >= 0.6 is 0 Å². The molecule has 1 amide bonds. The fraction of sp³-hybridized carbons (Fsp3) is 0.421. The van der Waals surface area contributed by atoms with Gasteiger partial charge in [0, 0.05) is 50.2 Å². The maximum Gasteiger partial charge on any atom is 0.227 e. The Morgan fingerprint density at radius 3 is 2.50 bits per heavy atom. The lowest BCUT2D eigenvalue weighted by atomic mass is 10.1. The summed E-state index contributed by atoms with van der Waals surface area (Å²) in [6, 6.07) is 3.79. The van der Waals surface area contributed by atoms with Crippen molar-refractivity contribution in [3.8, 4) is 5.82 Å². The molecule has 0 unspecified atom stereocenters. The van der Waals surface area contributed by atoms with E-state index in [-0.39, 0.29) is 5.91 Å². The largest absolute Gasteiger partial charge is 0.361 e. The quantitative estimate of drug-likeness (QED) is 0.675. The van der Waals surface area contributed by atoms with Crippen molar-refractivity contribution in [3.63, 3.8) is 0 Å². The normalized spacial score (nSPS) is 14.5. The molecule has 0 aromatic carbocycles. The summed E-state index contributed by atoms with van der Waals surface area (Å²) >= 11 is 0. The number of amides is 1. The molecular weight excluding hydrogens is 358 g/mol. The summed E-state index contributed by atoms with van der Waals surface area (Å²) in [6.45, 7) is 8.34. The molecule has 0 N–H and O–H groups in total. The minimum Gasteiger partial charge on any atom is -0.361 e. The van der Waals surface area contributed by atoms with Crippen molar-refractivity contribution in [1.82, 2.24) is 29.8 Å². The molecule has 4 heterocycles. The summed E-state index contributed by atoms with van der Waals surface area (Å²) < 4.78 is 6.88. The predicted molar refractivity (Wildman–Crippen MR) is 102 cm³/mol. The van der Waals surface area contributed by atoms with E-state index in [0.717, 1.165) is 36.0 Å². The number of aryl methyl sites for hydroxylation is 3. The smallest absolute Gasteiger partial charge is 0.227 e. The van der Waals surface area contributed by atoms with Gasteiger partial charge in [-0.25, -0.2) is 14.6 Å². The van der Waals surface area contributed by atoms with Gasteiger partial charge in [0.25, 0.3) is 0 Å². The molecule has 0 spiro atoms. The van der Waals surface area contributed by atoms with E-state index in [0.29, 0.717) is 31.1 Å². The molecule has 0 atom stereocenters. The van der Waals surface area contributed by atoms with Gasteiger partial charge in [-0.05, 0) is 26.8 Å². The highest BCUT2D eigenvalue weighted by Crippen LogP contribution is 2.19. The first-order valence-electron chi connectivity index (χ1n) is 9.31. The van der Waals surface area contributed by atoms with Crippen LogP contribution in [0.4, 0.5) is 5.82 Å². The van der Waals surface area contributed by atoms with Gasteiger partial charge in [-0.3, -0.25) is 4.79 Å². The van der Waals surface area contributed by atoms with Crippen LogP contribution in [0.25, 0.3) is 5.82 Å². The average molecular weight is 381 g/mol. The second-order valence-corrected chi connectivity index (χ2v) is 6.93. The number of carbonyl (C=O) groups is 1. The number of nitrogens with zero attached hydrogens (tertiary/aromatic N) is 7. The first-order valence-corrected chi connectivity index (χ1v) is 9.31. The third-order valence-corrected chi connectivity index (χ3v) is 5.02. The minimum atomic E-state index is 0.102. The summed E-state index contributed by atoms with van der Waals surface area (Å²) in [6.07, 6.45) is 3.91. The van der Waals surface area contributed by atoms with Gasteiger partial charge < -0.3 is 14.3 Å². The summed E-state index contributed by atoms with van der Waals surface area (Å²) in [5.74, 6) is 3.11. The SMILES string of the molecule is Cc1nc(N2CCN(C(=O)Cc3c(C)noc3C)CC2)cc(-n2cccn2)n1. The van der Waals surface area contributed by atoms with Crippen molar-refractivity contribution >= 4 is 11.7 Å². The van der Waals surface area contributed by atoms with Gasteiger partial charge in [0.05, 0.1) is 12.1 Å². The number of rotatable bonds is 4. The van der Waals surface area contributed by atoms with Gasteiger partial charge >= 0.3 is 0 Å². The molecule has 28 heavy (non-hydrogen) atoms. The molecule has 4 rings (SSSR count). The van der Waals surface area contributed by atoms with Gasteiger partial charge in [-0.15, -0.1) is 0 Å². The first-order chi connectivity index (χ1) is 13.5. The van der Waals surface area contributed by atoms with Gasteiger partial charge in [0.15, 0.2) is 5.82 Å². The summed E-state index contributed by atoms with van der Waals surface area (Å²) in [5, 5.41) is 8.17. The molecule has 9 nitrogen and oxygen atoms in total. The highest BCUT2D eigenvalue weighted by molar-refractivity contribution is 5.79. The van der Waals surface area contributed by atoms with Gasteiger partial charge in [-0.2, -0.15) is 5.10 Å². The third-order valence-electron chi connectivity index (χ3n) is 5.02. The Balaban J connectivity index is 1.42. The number of hydrogen-bond acceptors (Lipinski definition) is 7. The fourth-order valence-corrected chi connectivity index (χ4v) is 3.42. The maximum atomic E-state index is 12.7. The van der Waals surface area contributed by atoms with Gasteiger partial charge in [0.2, 0.25) is 5.91 Å². The van der Waals surface area contributed by atoms with Crippen molar-refractivity contribution in [2.45, 2.75) is 27.2 Å². The van der Waals surface area contributed by atoms with Crippen molar-refractivity contribution < 1.29 is 9.32 Å². The molecule has 0 aliphatic carbocycles. The Morgan fingerprint density at radius 1 is 1.11 bits per heavy atom. The van der Waals surface area contributed by atoms with Crippen molar-refractivity contribution in [3.05, 3.63) is 47.4 Å². The zero-order valence-electron chi connectivity index (χ0n) is 16.3. The standard InChI is InChI=1S/C19H23N7O2/c1-13-16(14(2)28-23-13)11-19(27)25-9-7-24(8-10-25)17-12-18(22-15(3)21-17)26-6-4-5-20-26/h4-6,12H,7-11H2,1-3H3. The number of piperazine rings is 1. The van der Waals surface area contributed by atoms with E-state index in [4.69, 9.17) is 4.52 Å². The topological polar surface area (TPSA) is 93.2 Å². The first kappa shape index (κ1) is 18.1. The van der Waals surface area contributed by atoms with Crippen molar-refractivity contribution in [2.24, 2.45) is 0 Å². The molecule has 1 saturated heterocycles. The fourth-order valence-electron chi connectivity index (χ4n) is 3.42. The molecule has 3 aromatic rings. The lowest BCUT2D eigenvalue weighted by molar-refractivity contribution is -0.130. The summed E-state index contributed by atoms with van der Waals surface area (Å²) in [7, 11) is 0. The van der Waals surface area contributed by atoms with Crippen LogP contribution in [0, 0.1) is 20.8 Å². The van der Waals surface area contributed by atoms with Gasteiger partial charge in [0.1, 0.15) is 17.4 Å². The van der Waals surface area contributed by atoms with Crippen LogP contribution in [0.1, 0.15) is 22.8 Å². The Labute approximate surface area is 163 Å². The Kier molecular flexibility index (Phi) is 4.81. The molecule has 0 bridgehead atoms. The molecule has 3 aromatic heterocycles. The number of carbonyl (C=O) groups excluding carboxylic acids is 1. The third kappa shape index (κ3) is 3.60. The minimum absolute atomic E-state index is 0.102. The Morgan fingerprint density at radius 2 is 1.86 bits per heavy atom.